The van der Waals surface area contributed by atoms with Crippen molar-refractivity contribution in [3.63, 3.8) is 0 Å². The SMILES string of the molecule is Cc1cc2oc(=O)cc(COC(=O)[C@H](C)N=C3NS(=O)(=O)c4ccccc43)c2cc1Cl. The summed E-state index contributed by atoms with van der Waals surface area (Å²) in [6.07, 6.45) is 0. The second-order valence-corrected chi connectivity index (χ2v) is 9.11. The highest BCUT2D eigenvalue weighted by Crippen LogP contribution is 2.26. The van der Waals surface area contributed by atoms with E-state index in [0.717, 1.165) is 5.56 Å². The first kappa shape index (κ1) is 21.1. The first-order chi connectivity index (χ1) is 14.7. The van der Waals surface area contributed by atoms with Crippen molar-refractivity contribution in [1.29, 1.82) is 0 Å². The molecule has 160 valence electrons. The molecule has 8 nitrogen and oxygen atoms in total. The Labute approximate surface area is 182 Å². The largest absolute Gasteiger partial charge is 0.459 e. The first-order valence-electron chi connectivity index (χ1n) is 9.25. The maximum absolute atomic E-state index is 12.5. The summed E-state index contributed by atoms with van der Waals surface area (Å²) in [6.45, 7) is 3.07. The second-order valence-electron chi connectivity index (χ2n) is 7.05. The number of carbonyl (C=O) groups excluding carboxylic acids is 1. The highest BCUT2D eigenvalue weighted by molar-refractivity contribution is 7.90. The van der Waals surface area contributed by atoms with Crippen molar-refractivity contribution in [1.82, 2.24) is 4.72 Å². The third-order valence-electron chi connectivity index (χ3n) is 4.81. The fourth-order valence-electron chi connectivity index (χ4n) is 3.21. The Morgan fingerprint density at radius 2 is 2.00 bits per heavy atom. The van der Waals surface area contributed by atoms with Crippen molar-refractivity contribution in [3.8, 4) is 0 Å². The van der Waals surface area contributed by atoms with Crippen LogP contribution in [0.1, 0.15) is 23.6 Å². The molecule has 1 aliphatic rings. The number of halogens is 1. The van der Waals surface area contributed by atoms with Gasteiger partial charge in [-0.3, -0.25) is 9.71 Å². The molecule has 1 aliphatic heterocycles. The van der Waals surface area contributed by atoms with Crippen LogP contribution < -0.4 is 10.3 Å². The number of nitrogens with zero attached hydrogens (tertiary/aromatic N) is 1. The van der Waals surface area contributed by atoms with Gasteiger partial charge in [-0.05, 0) is 43.7 Å². The van der Waals surface area contributed by atoms with Gasteiger partial charge in [-0.1, -0.05) is 23.7 Å². The van der Waals surface area contributed by atoms with Gasteiger partial charge in [0.15, 0.2) is 0 Å². The molecule has 1 aromatic heterocycles. The smallest absolute Gasteiger partial charge is 0.336 e. The van der Waals surface area contributed by atoms with E-state index in [-0.39, 0.29) is 17.3 Å². The summed E-state index contributed by atoms with van der Waals surface area (Å²) in [4.78, 5) is 28.6. The van der Waals surface area contributed by atoms with E-state index < -0.39 is 27.7 Å². The molecular formula is C21H17ClN2O6S. The first-order valence-corrected chi connectivity index (χ1v) is 11.1. The van der Waals surface area contributed by atoms with Crippen LogP contribution in [-0.4, -0.2) is 26.3 Å². The number of sulfonamides is 1. The molecule has 0 amide bonds. The average molecular weight is 461 g/mol. The number of esters is 1. The van der Waals surface area contributed by atoms with Crippen LogP contribution in [0, 0.1) is 6.92 Å². The van der Waals surface area contributed by atoms with Gasteiger partial charge >= 0.3 is 11.6 Å². The Kier molecular flexibility index (Phi) is 5.32. The molecule has 2 aromatic carbocycles. The number of hydrogen-bond donors (Lipinski definition) is 1. The van der Waals surface area contributed by atoms with Crippen molar-refractivity contribution in [2.45, 2.75) is 31.4 Å². The van der Waals surface area contributed by atoms with E-state index in [1.165, 1.54) is 19.1 Å². The van der Waals surface area contributed by atoms with Crippen molar-refractivity contribution in [2.24, 2.45) is 4.99 Å². The molecule has 4 rings (SSSR count). The lowest BCUT2D eigenvalue weighted by Gasteiger charge is -2.11. The number of rotatable bonds is 4. The van der Waals surface area contributed by atoms with Gasteiger partial charge in [-0.15, -0.1) is 0 Å². The van der Waals surface area contributed by atoms with E-state index in [4.69, 9.17) is 20.8 Å². The third kappa shape index (κ3) is 4.06. The van der Waals surface area contributed by atoms with Crippen molar-refractivity contribution in [2.75, 3.05) is 0 Å². The minimum absolute atomic E-state index is 0.0770. The number of hydrogen-bond acceptors (Lipinski definition) is 7. The summed E-state index contributed by atoms with van der Waals surface area (Å²) in [6, 6.07) is 9.88. The van der Waals surface area contributed by atoms with Crippen LogP contribution in [0.3, 0.4) is 0 Å². The zero-order chi connectivity index (χ0) is 22.3. The monoisotopic (exact) mass is 460 g/mol. The van der Waals surface area contributed by atoms with Gasteiger partial charge < -0.3 is 9.15 Å². The normalized spacial score (nSPS) is 16.7. The molecule has 31 heavy (non-hydrogen) atoms. The average Bonchev–Trinajstić information content (AvgIpc) is 2.97. The molecule has 10 heteroatoms. The molecule has 0 radical (unpaired) electrons. The van der Waals surface area contributed by atoms with Gasteiger partial charge in [0.05, 0.1) is 4.90 Å². The van der Waals surface area contributed by atoms with Gasteiger partial charge in [0.1, 0.15) is 24.1 Å². The van der Waals surface area contributed by atoms with E-state index in [1.54, 1.807) is 37.3 Å². The maximum Gasteiger partial charge on any atom is 0.336 e. The zero-order valence-corrected chi connectivity index (χ0v) is 18.1. The van der Waals surface area contributed by atoms with Crippen LogP contribution in [0.5, 0.6) is 0 Å². The predicted octanol–water partition coefficient (Wildman–Crippen LogP) is 2.93. The Balaban J connectivity index is 1.56. The minimum atomic E-state index is -3.71. The van der Waals surface area contributed by atoms with Crippen LogP contribution in [0.25, 0.3) is 11.0 Å². The van der Waals surface area contributed by atoms with Crippen LogP contribution >= 0.6 is 11.6 Å². The standard InChI is InChI=1S/C21H17ClN2O6S/c1-11-7-17-15(9-16(11)22)13(8-19(25)30-17)10-29-21(26)12(2)23-20-14-5-3-4-6-18(14)31(27,28)24-20/h3-9,12H,10H2,1-2H3,(H,23,24)/t12-/m0/s1. The highest BCUT2D eigenvalue weighted by Gasteiger charge is 2.31. The quantitative estimate of drug-likeness (QED) is 0.473. The molecule has 0 bridgehead atoms. The van der Waals surface area contributed by atoms with Crippen LogP contribution in [0.2, 0.25) is 5.02 Å². The number of carbonyl (C=O) groups is 1. The van der Waals surface area contributed by atoms with Gasteiger partial charge in [0, 0.05) is 27.6 Å². The summed E-state index contributed by atoms with van der Waals surface area (Å²) in [5.74, 6) is -0.608. The minimum Gasteiger partial charge on any atom is -0.459 e. The van der Waals surface area contributed by atoms with Crippen LogP contribution in [0.15, 0.2) is 61.6 Å². The van der Waals surface area contributed by atoms with Crippen LogP contribution in [0.4, 0.5) is 0 Å². The molecule has 2 heterocycles. The topological polar surface area (TPSA) is 115 Å². The van der Waals surface area contributed by atoms with E-state index in [2.05, 4.69) is 9.71 Å². The number of aliphatic imine (C=N–C) groups is 1. The van der Waals surface area contributed by atoms with Gasteiger partial charge in [0.25, 0.3) is 10.0 Å². The number of amidine groups is 1. The summed E-state index contributed by atoms with van der Waals surface area (Å²) in [5, 5.41) is 1.04. The number of fused-ring (bicyclic) bond motifs is 2. The Morgan fingerprint density at radius 1 is 1.26 bits per heavy atom. The highest BCUT2D eigenvalue weighted by atomic mass is 35.5. The third-order valence-corrected chi connectivity index (χ3v) is 6.61. The Bertz CT molecular complexity index is 1410. The fourth-order valence-corrected chi connectivity index (χ4v) is 4.62. The molecule has 0 spiro atoms. The maximum atomic E-state index is 12.5. The number of aryl methyl sites for hydroxylation is 1. The number of ether oxygens (including phenoxy) is 1. The summed E-state index contributed by atoms with van der Waals surface area (Å²) < 4.78 is 37.2. The molecule has 1 atom stereocenters. The molecule has 0 saturated carbocycles. The van der Waals surface area contributed by atoms with E-state index in [0.29, 0.717) is 27.1 Å². The van der Waals surface area contributed by atoms with Crippen LogP contribution in [-0.2, 0) is 26.2 Å². The van der Waals surface area contributed by atoms with Gasteiger partial charge in [0.2, 0.25) is 0 Å². The van der Waals surface area contributed by atoms with Crippen molar-refractivity contribution in [3.05, 3.63) is 74.6 Å². The number of benzene rings is 2. The summed E-state index contributed by atoms with van der Waals surface area (Å²) in [7, 11) is -3.71. The lowest BCUT2D eigenvalue weighted by molar-refractivity contribution is -0.145. The summed E-state index contributed by atoms with van der Waals surface area (Å²) >= 11 is 6.17. The molecule has 1 N–H and O–H groups in total. The molecule has 3 aromatic rings. The Hall–Kier alpha value is -3.17. The molecule has 0 aliphatic carbocycles. The fraction of sp³-hybridized carbons (Fsp3) is 0.190. The zero-order valence-electron chi connectivity index (χ0n) is 16.5. The van der Waals surface area contributed by atoms with Crippen molar-refractivity contribution >= 4 is 44.4 Å². The second kappa shape index (κ2) is 7.82. The number of nitrogens with one attached hydrogen (secondary N) is 1. The molecular weight excluding hydrogens is 444 g/mol. The predicted molar refractivity (Wildman–Crippen MR) is 115 cm³/mol. The van der Waals surface area contributed by atoms with E-state index >= 15 is 0 Å². The van der Waals surface area contributed by atoms with Crippen molar-refractivity contribution < 1.29 is 22.4 Å². The molecule has 0 unspecified atom stereocenters. The summed E-state index contributed by atoms with van der Waals surface area (Å²) in [5.41, 5.74) is 1.33. The molecule has 0 saturated heterocycles. The van der Waals surface area contributed by atoms with E-state index in [9.17, 15) is 18.0 Å². The lowest BCUT2D eigenvalue weighted by atomic mass is 10.1. The molecule has 0 fully saturated rings. The van der Waals surface area contributed by atoms with Gasteiger partial charge in [-0.25, -0.2) is 18.0 Å². The van der Waals surface area contributed by atoms with E-state index in [1.807, 2.05) is 0 Å². The lowest BCUT2D eigenvalue weighted by Crippen LogP contribution is -2.26. The Morgan fingerprint density at radius 3 is 2.77 bits per heavy atom. The van der Waals surface area contributed by atoms with Gasteiger partial charge in [-0.2, -0.15) is 0 Å².